The van der Waals surface area contributed by atoms with Gasteiger partial charge < -0.3 is 14.3 Å². The van der Waals surface area contributed by atoms with Crippen LogP contribution in [0.2, 0.25) is 0 Å². The SMILES string of the molecule is CC(=O)Oc1occc1C(=O)O. The number of carboxylic acid groups (broad SMARTS) is 1. The van der Waals surface area contributed by atoms with E-state index >= 15 is 0 Å². The summed E-state index contributed by atoms with van der Waals surface area (Å²) in [5, 5.41) is 8.52. The highest BCUT2D eigenvalue weighted by Crippen LogP contribution is 2.19. The molecule has 0 unspecified atom stereocenters. The van der Waals surface area contributed by atoms with Crippen LogP contribution in [0.25, 0.3) is 0 Å². The maximum Gasteiger partial charge on any atom is 0.343 e. The Kier molecular flexibility index (Phi) is 2.14. The summed E-state index contributed by atoms with van der Waals surface area (Å²) in [5.41, 5.74) is -0.162. The average molecular weight is 170 g/mol. The zero-order valence-electron chi connectivity index (χ0n) is 6.23. The predicted molar refractivity (Wildman–Crippen MR) is 37.0 cm³/mol. The van der Waals surface area contributed by atoms with E-state index in [9.17, 15) is 9.59 Å². The van der Waals surface area contributed by atoms with Gasteiger partial charge in [-0.2, -0.15) is 0 Å². The Hall–Kier alpha value is -1.78. The third-order valence-corrected chi connectivity index (χ3v) is 1.10. The highest BCUT2D eigenvalue weighted by molar-refractivity contribution is 5.90. The first-order valence-electron chi connectivity index (χ1n) is 3.10. The molecule has 1 aromatic rings. The topological polar surface area (TPSA) is 76.7 Å². The van der Waals surface area contributed by atoms with Crippen LogP contribution in [0.1, 0.15) is 17.3 Å². The molecule has 0 saturated heterocycles. The first-order chi connectivity index (χ1) is 5.61. The van der Waals surface area contributed by atoms with Gasteiger partial charge in [0.05, 0.1) is 6.26 Å². The Morgan fingerprint density at radius 3 is 2.75 bits per heavy atom. The van der Waals surface area contributed by atoms with Crippen molar-refractivity contribution in [3.8, 4) is 5.95 Å². The van der Waals surface area contributed by atoms with Gasteiger partial charge in [-0.25, -0.2) is 4.79 Å². The van der Waals surface area contributed by atoms with Crippen molar-refractivity contribution in [1.29, 1.82) is 0 Å². The molecule has 0 aromatic carbocycles. The largest absolute Gasteiger partial charge is 0.477 e. The van der Waals surface area contributed by atoms with E-state index in [1.165, 1.54) is 6.07 Å². The van der Waals surface area contributed by atoms with E-state index in [4.69, 9.17) is 5.11 Å². The smallest absolute Gasteiger partial charge is 0.343 e. The van der Waals surface area contributed by atoms with Gasteiger partial charge in [-0.15, -0.1) is 0 Å². The molecule has 1 aromatic heterocycles. The third kappa shape index (κ3) is 1.63. The fourth-order valence-electron chi connectivity index (χ4n) is 0.664. The number of ether oxygens (including phenoxy) is 1. The molecule has 64 valence electrons. The number of hydrogen-bond donors (Lipinski definition) is 1. The minimum Gasteiger partial charge on any atom is -0.477 e. The second-order valence-corrected chi connectivity index (χ2v) is 2.02. The number of carbonyl (C=O) groups excluding carboxylic acids is 1. The quantitative estimate of drug-likeness (QED) is 0.667. The van der Waals surface area contributed by atoms with Gasteiger partial charge in [0.1, 0.15) is 5.56 Å². The number of aromatic carboxylic acids is 1. The van der Waals surface area contributed by atoms with E-state index in [-0.39, 0.29) is 11.5 Å². The van der Waals surface area contributed by atoms with Crippen LogP contribution < -0.4 is 4.74 Å². The van der Waals surface area contributed by atoms with Gasteiger partial charge in [0, 0.05) is 6.92 Å². The molecule has 0 aliphatic rings. The Morgan fingerprint density at radius 2 is 2.25 bits per heavy atom. The molecule has 0 aliphatic heterocycles. The summed E-state index contributed by atoms with van der Waals surface area (Å²) in [5.74, 6) is -2.09. The van der Waals surface area contributed by atoms with Crippen LogP contribution in [0, 0.1) is 0 Å². The molecule has 0 atom stereocenters. The van der Waals surface area contributed by atoms with Gasteiger partial charge in [-0.05, 0) is 6.07 Å². The number of hydrogen-bond acceptors (Lipinski definition) is 4. The van der Waals surface area contributed by atoms with E-state index in [0.29, 0.717) is 0 Å². The molecular formula is C7H6O5. The van der Waals surface area contributed by atoms with Crippen LogP contribution in [0.3, 0.4) is 0 Å². The van der Waals surface area contributed by atoms with Crippen molar-refractivity contribution >= 4 is 11.9 Å². The Balaban J connectivity index is 2.91. The Labute approximate surface area is 67.6 Å². The maximum absolute atomic E-state index is 10.4. The molecule has 12 heavy (non-hydrogen) atoms. The van der Waals surface area contributed by atoms with E-state index in [2.05, 4.69) is 9.15 Å². The van der Waals surface area contributed by atoms with Gasteiger partial charge in [0.25, 0.3) is 0 Å². The highest BCUT2D eigenvalue weighted by Gasteiger charge is 2.15. The molecule has 0 amide bonds. The van der Waals surface area contributed by atoms with Crippen molar-refractivity contribution in [1.82, 2.24) is 0 Å². The van der Waals surface area contributed by atoms with Crippen molar-refractivity contribution < 1.29 is 23.8 Å². The summed E-state index contributed by atoms with van der Waals surface area (Å²) in [4.78, 5) is 20.8. The highest BCUT2D eigenvalue weighted by atomic mass is 16.6. The van der Waals surface area contributed by atoms with Crippen LogP contribution >= 0.6 is 0 Å². The van der Waals surface area contributed by atoms with Crippen LogP contribution in [0.5, 0.6) is 5.95 Å². The molecule has 0 saturated carbocycles. The first kappa shape index (κ1) is 8.32. The van der Waals surface area contributed by atoms with E-state index in [1.807, 2.05) is 0 Å². The zero-order valence-corrected chi connectivity index (χ0v) is 6.23. The molecule has 1 heterocycles. The lowest BCUT2D eigenvalue weighted by atomic mass is 10.3. The average Bonchev–Trinajstić information content (AvgIpc) is 2.33. The van der Waals surface area contributed by atoms with Crippen molar-refractivity contribution in [2.24, 2.45) is 0 Å². The van der Waals surface area contributed by atoms with Gasteiger partial charge in [-0.1, -0.05) is 0 Å². The summed E-state index contributed by atoms with van der Waals surface area (Å²) in [6, 6.07) is 1.21. The molecule has 0 spiro atoms. The maximum atomic E-state index is 10.4. The second kappa shape index (κ2) is 3.08. The van der Waals surface area contributed by atoms with Gasteiger partial charge >= 0.3 is 17.9 Å². The fraction of sp³-hybridized carbons (Fsp3) is 0.143. The lowest BCUT2D eigenvalue weighted by Gasteiger charge is -1.95. The normalized spacial score (nSPS) is 9.42. The second-order valence-electron chi connectivity index (χ2n) is 2.02. The Morgan fingerprint density at radius 1 is 1.58 bits per heavy atom. The molecule has 0 fully saturated rings. The summed E-state index contributed by atoms with van der Waals surface area (Å²) in [6.45, 7) is 1.16. The standard InChI is InChI=1S/C7H6O5/c1-4(8)12-7-5(6(9)10)2-3-11-7/h2-3H,1H3,(H,9,10). The molecule has 5 nitrogen and oxygen atoms in total. The summed E-state index contributed by atoms with van der Waals surface area (Å²) < 4.78 is 9.07. The predicted octanol–water partition coefficient (Wildman–Crippen LogP) is 0.903. The number of carboxylic acids is 1. The van der Waals surface area contributed by atoms with Gasteiger partial charge in [-0.3, -0.25) is 4.79 Å². The van der Waals surface area contributed by atoms with Crippen molar-refractivity contribution in [2.75, 3.05) is 0 Å². The zero-order chi connectivity index (χ0) is 9.14. The minimum absolute atomic E-state index is 0.162. The molecular weight excluding hydrogens is 164 g/mol. The van der Waals surface area contributed by atoms with E-state index in [0.717, 1.165) is 13.2 Å². The van der Waals surface area contributed by atoms with Gasteiger partial charge in [0.15, 0.2) is 0 Å². The fourth-order valence-corrected chi connectivity index (χ4v) is 0.664. The van der Waals surface area contributed by atoms with E-state index < -0.39 is 11.9 Å². The molecule has 1 N–H and O–H groups in total. The molecule has 0 aliphatic carbocycles. The molecule has 5 heteroatoms. The molecule has 1 rings (SSSR count). The van der Waals surface area contributed by atoms with Crippen LogP contribution in [-0.2, 0) is 4.79 Å². The monoisotopic (exact) mass is 170 g/mol. The van der Waals surface area contributed by atoms with Crippen molar-refractivity contribution in [2.45, 2.75) is 6.92 Å². The van der Waals surface area contributed by atoms with Crippen LogP contribution in [0.4, 0.5) is 0 Å². The summed E-state index contributed by atoms with van der Waals surface area (Å²) in [7, 11) is 0. The number of furan rings is 1. The number of esters is 1. The molecule has 0 bridgehead atoms. The lowest BCUT2D eigenvalue weighted by Crippen LogP contribution is -2.04. The number of carbonyl (C=O) groups is 2. The van der Waals surface area contributed by atoms with Gasteiger partial charge in [0.2, 0.25) is 0 Å². The Bertz CT molecular complexity index is 311. The summed E-state index contributed by atoms with van der Waals surface area (Å²) in [6.07, 6.45) is 1.14. The third-order valence-electron chi connectivity index (χ3n) is 1.10. The lowest BCUT2D eigenvalue weighted by molar-refractivity contribution is -0.133. The van der Waals surface area contributed by atoms with Crippen LogP contribution in [-0.4, -0.2) is 17.0 Å². The minimum atomic E-state index is -1.19. The van der Waals surface area contributed by atoms with Crippen molar-refractivity contribution in [3.05, 3.63) is 17.9 Å². The first-order valence-corrected chi connectivity index (χ1v) is 3.10. The summed E-state index contributed by atoms with van der Waals surface area (Å²) >= 11 is 0. The van der Waals surface area contributed by atoms with Crippen LogP contribution in [0.15, 0.2) is 16.7 Å². The van der Waals surface area contributed by atoms with E-state index in [1.54, 1.807) is 0 Å². The number of rotatable bonds is 2. The van der Waals surface area contributed by atoms with Crippen molar-refractivity contribution in [3.63, 3.8) is 0 Å². The molecule has 0 radical (unpaired) electrons.